The number of amides is 1. The maximum absolute atomic E-state index is 12.6. The Kier molecular flexibility index (Phi) is 6.10. The number of nitrogens with one attached hydrogen (secondary N) is 1. The van der Waals surface area contributed by atoms with E-state index in [0.29, 0.717) is 34.4 Å². The molecule has 146 valence electrons. The summed E-state index contributed by atoms with van der Waals surface area (Å²) in [5.74, 6) is 0.226. The van der Waals surface area contributed by atoms with Crippen molar-refractivity contribution in [2.45, 2.75) is 30.4 Å². The smallest absolute Gasteiger partial charge is 0.252 e. The van der Waals surface area contributed by atoms with Crippen LogP contribution in [0.15, 0.2) is 28.5 Å². The fourth-order valence-electron chi connectivity index (χ4n) is 2.93. The molecule has 6 nitrogen and oxygen atoms in total. The molecule has 1 N–H and O–H groups in total. The highest BCUT2D eigenvalue weighted by molar-refractivity contribution is 7.91. The number of halogens is 1. The number of hydrogen-bond acceptors (Lipinski definition) is 5. The average molecular weight is 429 g/mol. The van der Waals surface area contributed by atoms with E-state index in [-0.39, 0.29) is 16.5 Å². The molecule has 9 heteroatoms. The van der Waals surface area contributed by atoms with Gasteiger partial charge in [0.2, 0.25) is 5.91 Å². The van der Waals surface area contributed by atoms with E-state index in [0.717, 1.165) is 29.7 Å². The van der Waals surface area contributed by atoms with Gasteiger partial charge in [-0.25, -0.2) is 8.42 Å². The standard InChI is InChI=1S/C18H21ClN2O4S2/c1-12-9-15(16(25-2)11-14(12)19)20-17(22)10-13-5-6-18(26-13)27(23,24)21-7-3-4-8-21/h5-6,9,11H,3-4,7-8,10H2,1-2H3,(H,20,22). The highest BCUT2D eigenvalue weighted by atomic mass is 35.5. The van der Waals surface area contributed by atoms with E-state index in [9.17, 15) is 13.2 Å². The van der Waals surface area contributed by atoms with Crippen molar-refractivity contribution in [1.29, 1.82) is 0 Å². The predicted molar refractivity (Wildman–Crippen MR) is 107 cm³/mol. The SMILES string of the molecule is COc1cc(Cl)c(C)cc1NC(=O)Cc1ccc(S(=O)(=O)N2CCCC2)s1. The van der Waals surface area contributed by atoms with E-state index in [1.807, 2.05) is 6.92 Å². The summed E-state index contributed by atoms with van der Waals surface area (Å²) in [4.78, 5) is 13.1. The maximum Gasteiger partial charge on any atom is 0.252 e. The third-order valence-electron chi connectivity index (χ3n) is 4.39. The Labute approximate surface area is 168 Å². The molecule has 1 aromatic heterocycles. The van der Waals surface area contributed by atoms with Crippen molar-refractivity contribution in [3.63, 3.8) is 0 Å². The van der Waals surface area contributed by atoms with Crippen LogP contribution in [0.2, 0.25) is 5.02 Å². The molecule has 0 unspecified atom stereocenters. The van der Waals surface area contributed by atoms with E-state index < -0.39 is 10.0 Å². The lowest BCUT2D eigenvalue weighted by Crippen LogP contribution is -2.27. The van der Waals surface area contributed by atoms with Crippen molar-refractivity contribution >= 4 is 44.6 Å². The van der Waals surface area contributed by atoms with Gasteiger partial charge in [-0.05, 0) is 43.5 Å². The van der Waals surface area contributed by atoms with Crippen molar-refractivity contribution < 1.29 is 17.9 Å². The number of ether oxygens (including phenoxy) is 1. The Morgan fingerprint density at radius 2 is 2.00 bits per heavy atom. The first-order valence-corrected chi connectivity index (χ1v) is 11.2. The molecule has 1 amide bonds. The highest BCUT2D eigenvalue weighted by Gasteiger charge is 2.28. The van der Waals surface area contributed by atoms with Gasteiger partial charge >= 0.3 is 0 Å². The minimum atomic E-state index is -3.45. The Morgan fingerprint density at radius 3 is 2.67 bits per heavy atom. The fourth-order valence-corrected chi connectivity index (χ4v) is 6.11. The fraction of sp³-hybridized carbons (Fsp3) is 0.389. The van der Waals surface area contributed by atoms with Gasteiger partial charge in [-0.1, -0.05) is 11.6 Å². The quantitative estimate of drug-likeness (QED) is 0.761. The van der Waals surface area contributed by atoms with Gasteiger partial charge in [-0.2, -0.15) is 4.31 Å². The Balaban J connectivity index is 1.71. The zero-order valence-electron chi connectivity index (χ0n) is 15.1. The lowest BCUT2D eigenvalue weighted by molar-refractivity contribution is -0.115. The third kappa shape index (κ3) is 4.45. The van der Waals surface area contributed by atoms with Crippen molar-refractivity contribution in [2.75, 3.05) is 25.5 Å². The molecule has 3 rings (SSSR count). The second kappa shape index (κ2) is 8.18. The first-order chi connectivity index (χ1) is 12.8. The summed E-state index contributed by atoms with van der Waals surface area (Å²) in [5.41, 5.74) is 1.36. The summed E-state index contributed by atoms with van der Waals surface area (Å²) in [6, 6.07) is 6.67. The average Bonchev–Trinajstić information content (AvgIpc) is 3.30. The molecule has 0 bridgehead atoms. The number of thiophene rings is 1. The lowest BCUT2D eigenvalue weighted by atomic mass is 10.2. The van der Waals surface area contributed by atoms with Crippen LogP contribution in [-0.4, -0.2) is 38.8 Å². The zero-order valence-corrected chi connectivity index (χ0v) is 17.5. The molecule has 2 aromatic rings. The molecule has 2 heterocycles. The topological polar surface area (TPSA) is 75.7 Å². The van der Waals surface area contributed by atoms with Gasteiger partial charge in [0.1, 0.15) is 9.96 Å². The number of aryl methyl sites for hydroxylation is 1. The van der Waals surface area contributed by atoms with Crippen LogP contribution in [0.4, 0.5) is 5.69 Å². The number of sulfonamides is 1. The summed E-state index contributed by atoms with van der Waals surface area (Å²) in [7, 11) is -1.94. The zero-order chi connectivity index (χ0) is 19.6. The van der Waals surface area contributed by atoms with Gasteiger partial charge < -0.3 is 10.1 Å². The second-order valence-electron chi connectivity index (χ2n) is 6.36. The first-order valence-electron chi connectivity index (χ1n) is 8.54. The van der Waals surface area contributed by atoms with E-state index >= 15 is 0 Å². The minimum Gasteiger partial charge on any atom is -0.495 e. The summed E-state index contributed by atoms with van der Waals surface area (Å²) in [5, 5.41) is 3.36. The van der Waals surface area contributed by atoms with Crippen molar-refractivity contribution in [1.82, 2.24) is 4.31 Å². The number of hydrogen-bond donors (Lipinski definition) is 1. The number of nitrogens with zero attached hydrogens (tertiary/aromatic N) is 1. The van der Waals surface area contributed by atoms with Crippen LogP contribution < -0.4 is 10.1 Å². The molecule has 0 spiro atoms. The van der Waals surface area contributed by atoms with Gasteiger partial charge in [-0.3, -0.25) is 4.79 Å². The van der Waals surface area contributed by atoms with Crippen LogP contribution in [0.1, 0.15) is 23.3 Å². The molecule has 0 saturated carbocycles. The first kappa shape index (κ1) is 20.1. The van der Waals surface area contributed by atoms with Crippen molar-refractivity contribution in [3.05, 3.63) is 39.7 Å². The van der Waals surface area contributed by atoms with Gasteiger partial charge in [0.25, 0.3) is 10.0 Å². The van der Waals surface area contributed by atoms with Crippen LogP contribution in [0.3, 0.4) is 0 Å². The maximum atomic E-state index is 12.6. The molecule has 1 saturated heterocycles. The van der Waals surface area contributed by atoms with Crippen molar-refractivity contribution in [2.24, 2.45) is 0 Å². The number of benzene rings is 1. The third-order valence-corrected chi connectivity index (χ3v) is 8.24. The Hall–Kier alpha value is -1.61. The van der Waals surface area contributed by atoms with E-state index in [4.69, 9.17) is 16.3 Å². The van der Waals surface area contributed by atoms with Gasteiger partial charge in [0, 0.05) is 29.1 Å². The molecule has 1 aliphatic heterocycles. The number of methoxy groups -OCH3 is 1. The normalized spacial score (nSPS) is 15.1. The number of carbonyl (C=O) groups is 1. The predicted octanol–water partition coefficient (Wildman–Crippen LogP) is 3.68. The number of anilines is 1. The number of rotatable bonds is 6. The lowest BCUT2D eigenvalue weighted by Gasteiger charge is -2.13. The van der Waals surface area contributed by atoms with Gasteiger partial charge in [-0.15, -0.1) is 11.3 Å². The van der Waals surface area contributed by atoms with E-state index in [1.54, 1.807) is 24.3 Å². The molecule has 0 atom stereocenters. The van der Waals surface area contributed by atoms with Crippen LogP contribution in [-0.2, 0) is 21.2 Å². The van der Waals surface area contributed by atoms with E-state index in [2.05, 4.69) is 5.32 Å². The second-order valence-corrected chi connectivity index (χ2v) is 10.1. The summed E-state index contributed by atoms with van der Waals surface area (Å²) in [6.07, 6.45) is 1.87. The summed E-state index contributed by atoms with van der Waals surface area (Å²) < 4.78 is 32.2. The van der Waals surface area contributed by atoms with Crippen LogP contribution >= 0.6 is 22.9 Å². The molecule has 1 fully saturated rings. The molecule has 0 radical (unpaired) electrons. The monoisotopic (exact) mass is 428 g/mol. The molecule has 1 aliphatic rings. The largest absolute Gasteiger partial charge is 0.495 e. The minimum absolute atomic E-state index is 0.0883. The highest BCUT2D eigenvalue weighted by Crippen LogP contribution is 2.32. The molecular formula is C18H21ClN2O4S2. The van der Waals surface area contributed by atoms with Crippen LogP contribution in [0.25, 0.3) is 0 Å². The molecule has 27 heavy (non-hydrogen) atoms. The Bertz CT molecular complexity index is 950. The Morgan fingerprint density at radius 1 is 1.30 bits per heavy atom. The van der Waals surface area contributed by atoms with Crippen LogP contribution in [0.5, 0.6) is 5.75 Å². The van der Waals surface area contributed by atoms with Crippen molar-refractivity contribution in [3.8, 4) is 5.75 Å². The molecular weight excluding hydrogens is 408 g/mol. The van der Waals surface area contributed by atoms with Gasteiger partial charge in [0.15, 0.2) is 0 Å². The van der Waals surface area contributed by atoms with E-state index in [1.165, 1.54) is 11.4 Å². The number of carbonyl (C=O) groups excluding carboxylic acids is 1. The summed E-state index contributed by atoms with van der Waals surface area (Å²) in [6.45, 7) is 2.96. The van der Waals surface area contributed by atoms with Gasteiger partial charge in [0.05, 0.1) is 19.2 Å². The van der Waals surface area contributed by atoms with Crippen LogP contribution in [0, 0.1) is 6.92 Å². The molecule has 0 aliphatic carbocycles. The molecule has 1 aromatic carbocycles. The summed E-state index contributed by atoms with van der Waals surface area (Å²) >= 11 is 7.22.